The van der Waals surface area contributed by atoms with E-state index in [1.807, 2.05) is 35.7 Å². The van der Waals surface area contributed by atoms with Crippen molar-refractivity contribution in [2.45, 2.75) is 44.2 Å². The highest BCUT2D eigenvalue weighted by molar-refractivity contribution is 7.14. The number of H-pyrrole nitrogens is 1. The maximum atomic E-state index is 13.0. The Bertz CT molecular complexity index is 1380. The maximum absolute atomic E-state index is 13.0. The standard InChI is InChI=1S/C27H26N4O3S/c32-25(24-7-4-12-31(24)27(33)34-15-17-5-2-1-3-6-17)30-26-29-23(16-35-26)19-10-11-21-20(13-19)14-22(28-21)18-8-9-18/h1-3,5-6,10-11,13-14,16,18,24,28H,4,7-9,12,15H2,(H,29,30,32)/t24-/m0/s1. The van der Waals surface area contributed by atoms with Gasteiger partial charge in [-0.05, 0) is 55.4 Å². The van der Waals surface area contributed by atoms with Crippen molar-refractivity contribution >= 4 is 39.4 Å². The third kappa shape index (κ3) is 4.66. The van der Waals surface area contributed by atoms with E-state index in [4.69, 9.17) is 4.74 Å². The fourth-order valence-corrected chi connectivity index (χ4v) is 5.36. The van der Waals surface area contributed by atoms with Crippen LogP contribution in [0.15, 0.2) is 60.0 Å². The van der Waals surface area contributed by atoms with Crippen molar-refractivity contribution in [3.63, 3.8) is 0 Å². The van der Waals surface area contributed by atoms with Crippen molar-refractivity contribution in [1.29, 1.82) is 0 Å². The summed E-state index contributed by atoms with van der Waals surface area (Å²) in [6, 6.07) is 17.5. The van der Waals surface area contributed by atoms with Crippen LogP contribution in [0.5, 0.6) is 0 Å². The second-order valence-electron chi connectivity index (χ2n) is 9.22. The monoisotopic (exact) mass is 486 g/mol. The normalized spacial score (nSPS) is 17.6. The molecule has 6 rings (SSSR count). The van der Waals surface area contributed by atoms with Crippen LogP contribution in [-0.4, -0.2) is 39.5 Å². The largest absolute Gasteiger partial charge is 0.445 e. The highest BCUT2D eigenvalue weighted by Crippen LogP contribution is 2.41. The van der Waals surface area contributed by atoms with Gasteiger partial charge in [-0.3, -0.25) is 9.69 Å². The highest BCUT2D eigenvalue weighted by Gasteiger charge is 2.35. The number of carbonyl (C=O) groups is 2. The van der Waals surface area contributed by atoms with Crippen LogP contribution >= 0.6 is 11.3 Å². The molecule has 7 nitrogen and oxygen atoms in total. The Labute approximate surface area is 207 Å². The Hall–Kier alpha value is -3.65. The molecule has 1 saturated heterocycles. The summed E-state index contributed by atoms with van der Waals surface area (Å²) in [5.74, 6) is 0.452. The third-order valence-corrected chi connectivity index (χ3v) is 7.44. The zero-order valence-electron chi connectivity index (χ0n) is 19.2. The summed E-state index contributed by atoms with van der Waals surface area (Å²) in [6.45, 7) is 0.697. The number of hydrogen-bond acceptors (Lipinski definition) is 5. The molecule has 35 heavy (non-hydrogen) atoms. The lowest BCUT2D eigenvalue weighted by atomic mass is 10.1. The van der Waals surface area contributed by atoms with E-state index in [1.54, 1.807) is 0 Å². The summed E-state index contributed by atoms with van der Waals surface area (Å²) in [5.41, 5.74) is 5.21. The number of anilines is 1. The van der Waals surface area contributed by atoms with E-state index in [9.17, 15) is 9.59 Å². The quantitative estimate of drug-likeness (QED) is 0.355. The molecule has 2 aliphatic rings. The highest BCUT2D eigenvalue weighted by atomic mass is 32.1. The Kier molecular flexibility index (Phi) is 5.74. The molecule has 1 atom stereocenters. The number of nitrogens with one attached hydrogen (secondary N) is 2. The number of hydrogen-bond donors (Lipinski definition) is 2. The van der Waals surface area contributed by atoms with Gasteiger partial charge in [-0.15, -0.1) is 11.3 Å². The number of thiazole rings is 1. The predicted molar refractivity (Wildman–Crippen MR) is 136 cm³/mol. The number of aromatic nitrogens is 2. The number of amides is 2. The van der Waals surface area contributed by atoms with Gasteiger partial charge in [0.2, 0.25) is 5.91 Å². The van der Waals surface area contributed by atoms with Crippen LogP contribution in [0.25, 0.3) is 22.2 Å². The molecule has 1 aliphatic carbocycles. The van der Waals surface area contributed by atoms with Crippen molar-refractivity contribution in [3.05, 3.63) is 71.2 Å². The first-order valence-electron chi connectivity index (χ1n) is 12.0. The summed E-state index contributed by atoms with van der Waals surface area (Å²) in [4.78, 5) is 35.3. The van der Waals surface area contributed by atoms with Gasteiger partial charge >= 0.3 is 6.09 Å². The third-order valence-electron chi connectivity index (χ3n) is 6.68. The predicted octanol–water partition coefficient (Wildman–Crippen LogP) is 5.91. The number of fused-ring (bicyclic) bond motifs is 1. The van der Waals surface area contributed by atoms with Crippen LogP contribution in [0.1, 0.15) is 42.9 Å². The minimum atomic E-state index is -0.553. The maximum Gasteiger partial charge on any atom is 0.410 e. The topological polar surface area (TPSA) is 87.3 Å². The Morgan fingerprint density at radius 1 is 1.11 bits per heavy atom. The van der Waals surface area contributed by atoms with Crippen LogP contribution < -0.4 is 5.32 Å². The molecule has 8 heteroatoms. The Morgan fingerprint density at radius 3 is 2.80 bits per heavy atom. The number of benzene rings is 2. The molecule has 0 unspecified atom stereocenters. The molecular formula is C27H26N4O3S. The first-order chi connectivity index (χ1) is 17.1. The molecule has 2 fully saturated rings. The van der Waals surface area contributed by atoms with Crippen LogP contribution in [0.2, 0.25) is 0 Å². The first-order valence-corrected chi connectivity index (χ1v) is 12.9. The lowest BCUT2D eigenvalue weighted by molar-refractivity contribution is -0.120. The molecule has 2 N–H and O–H groups in total. The van der Waals surface area contributed by atoms with Gasteiger partial charge in [0.15, 0.2) is 5.13 Å². The van der Waals surface area contributed by atoms with Crippen LogP contribution in [0.3, 0.4) is 0 Å². The molecular weight excluding hydrogens is 460 g/mol. The van der Waals surface area contributed by atoms with Gasteiger partial charge in [-0.2, -0.15) is 0 Å². The van der Waals surface area contributed by atoms with Crippen LogP contribution in [0.4, 0.5) is 9.93 Å². The SMILES string of the molecule is O=C(Nc1nc(-c2ccc3[nH]c(C4CC4)cc3c2)cs1)[C@@H]1CCCN1C(=O)OCc1ccccc1. The summed E-state index contributed by atoms with van der Waals surface area (Å²) in [6.07, 6.45) is 3.44. The van der Waals surface area contributed by atoms with Crippen LogP contribution in [0, 0.1) is 0 Å². The number of rotatable bonds is 6. The van der Waals surface area contributed by atoms with Crippen molar-refractivity contribution in [2.24, 2.45) is 0 Å². The van der Waals surface area contributed by atoms with Gasteiger partial charge in [-0.1, -0.05) is 36.4 Å². The number of nitrogens with zero attached hydrogens (tertiary/aromatic N) is 2. The lowest BCUT2D eigenvalue weighted by Crippen LogP contribution is -2.43. The molecule has 3 heterocycles. The van der Waals surface area contributed by atoms with Crippen LogP contribution in [-0.2, 0) is 16.1 Å². The van der Waals surface area contributed by atoms with Gasteiger partial charge in [0.05, 0.1) is 5.69 Å². The van der Waals surface area contributed by atoms with Crippen molar-refractivity contribution in [2.75, 3.05) is 11.9 Å². The molecule has 0 bridgehead atoms. The number of carbonyl (C=O) groups excluding carboxylic acids is 2. The Morgan fingerprint density at radius 2 is 1.97 bits per heavy atom. The molecule has 2 aromatic heterocycles. The summed E-state index contributed by atoms with van der Waals surface area (Å²) in [5, 5.41) is 6.57. The van der Waals surface area contributed by atoms with E-state index in [1.165, 1.54) is 40.2 Å². The van der Waals surface area contributed by atoms with E-state index >= 15 is 0 Å². The molecule has 0 spiro atoms. The molecule has 0 radical (unpaired) electrons. The molecule has 1 aliphatic heterocycles. The van der Waals surface area contributed by atoms with E-state index in [-0.39, 0.29) is 12.5 Å². The van der Waals surface area contributed by atoms with Gasteiger partial charge in [0.1, 0.15) is 12.6 Å². The average molecular weight is 487 g/mol. The summed E-state index contributed by atoms with van der Waals surface area (Å²) >= 11 is 1.39. The second-order valence-corrected chi connectivity index (χ2v) is 10.1. The van der Waals surface area contributed by atoms with E-state index in [0.29, 0.717) is 24.0 Å². The summed E-state index contributed by atoms with van der Waals surface area (Å²) < 4.78 is 5.45. The number of ether oxygens (including phenoxy) is 1. The lowest BCUT2D eigenvalue weighted by Gasteiger charge is -2.22. The van der Waals surface area contributed by atoms with Crippen molar-refractivity contribution in [1.82, 2.24) is 14.9 Å². The fourth-order valence-electron chi connectivity index (χ4n) is 4.64. The van der Waals surface area contributed by atoms with Crippen molar-refractivity contribution in [3.8, 4) is 11.3 Å². The molecule has 178 valence electrons. The van der Waals surface area contributed by atoms with E-state index in [0.717, 1.165) is 28.8 Å². The van der Waals surface area contributed by atoms with E-state index in [2.05, 4.69) is 39.6 Å². The Balaban J connectivity index is 1.10. The van der Waals surface area contributed by atoms with E-state index < -0.39 is 12.1 Å². The fraction of sp³-hybridized carbons (Fsp3) is 0.296. The smallest absolute Gasteiger partial charge is 0.410 e. The second kappa shape index (κ2) is 9.19. The molecule has 4 aromatic rings. The minimum Gasteiger partial charge on any atom is -0.445 e. The minimum absolute atomic E-state index is 0.188. The average Bonchev–Trinajstić information content (AvgIpc) is 3.25. The summed E-state index contributed by atoms with van der Waals surface area (Å²) in [7, 11) is 0. The number of aromatic amines is 1. The molecule has 1 saturated carbocycles. The van der Waals surface area contributed by atoms with Gasteiger partial charge in [0, 0.05) is 34.1 Å². The van der Waals surface area contributed by atoms with Gasteiger partial charge in [0.25, 0.3) is 0 Å². The number of likely N-dealkylation sites (tertiary alicyclic amines) is 1. The van der Waals surface area contributed by atoms with Gasteiger partial charge in [-0.25, -0.2) is 9.78 Å². The van der Waals surface area contributed by atoms with Gasteiger partial charge < -0.3 is 15.0 Å². The first kappa shape index (κ1) is 21.9. The zero-order chi connectivity index (χ0) is 23.8. The van der Waals surface area contributed by atoms with Crippen molar-refractivity contribution < 1.29 is 14.3 Å². The zero-order valence-corrected chi connectivity index (χ0v) is 20.0. The molecule has 2 aromatic carbocycles. The molecule has 2 amide bonds.